The van der Waals surface area contributed by atoms with Crippen LogP contribution in [0.5, 0.6) is 0 Å². The Bertz CT molecular complexity index is 246. The molecule has 0 fully saturated rings. The van der Waals surface area contributed by atoms with Gasteiger partial charge >= 0.3 is 0 Å². The number of rotatable bonds is 1. The normalized spacial score (nSPS) is 23.2. The molecule has 0 amide bonds. The molecule has 0 radical (unpaired) electrons. The SMILES string of the molecule is NCC1OCCc2ccsc21. The minimum absolute atomic E-state index is 0.166. The zero-order valence-corrected chi connectivity index (χ0v) is 7.06. The molecule has 11 heavy (non-hydrogen) atoms. The molecule has 0 aromatic carbocycles. The molecule has 0 saturated heterocycles. The molecule has 1 aromatic heterocycles. The van der Waals surface area contributed by atoms with Crippen LogP contribution in [0.4, 0.5) is 0 Å². The maximum absolute atomic E-state index is 5.56. The average Bonchev–Trinajstić information content (AvgIpc) is 2.50. The summed E-state index contributed by atoms with van der Waals surface area (Å²) in [6.07, 6.45) is 1.22. The molecule has 3 heteroatoms. The molecule has 1 aliphatic heterocycles. The van der Waals surface area contributed by atoms with Gasteiger partial charge in [-0.2, -0.15) is 0 Å². The van der Waals surface area contributed by atoms with Crippen molar-refractivity contribution in [1.82, 2.24) is 0 Å². The monoisotopic (exact) mass is 169 g/mol. The Morgan fingerprint density at radius 1 is 1.73 bits per heavy atom. The van der Waals surface area contributed by atoms with Gasteiger partial charge < -0.3 is 10.5 Å². The van der Waals surface area contributed by atoms with Gasteiger partial charge in [0.25, 0.3) is 0 Å². The van der Waals surface area contributed by atoms with Crippen LogP contribution in [0.1, 0.15) is 16.5 Å². The highest BCUT2D eigenvalue weighted by atomic mass is 32.1. The second-order valence-corrected chi connectivity index (χ2v) is 3.60. The summed E-state index contributed by atoms with van der Waals surface area (Å²) in [5, 5.41) is 2.11. The van der Waals surface area contributed by atoms with Crippen molar-refractivity contribution >= 4 is 11.3 Å². The van der Waals surface area contributed by atoms with E-state index in [2.05, 4.69) is 11.4 Å². The smallest absolute Gasteiger partial charge is 0.104 e. The summed E-state index contributed by atoms with van der Waals surface area (Å²) >= 11 is 1.75. The Labute approximate surface area is 70.0 Å². The van der Waals surface area contributed by atoms with Crippen LogP contribution in [0.25, 0.3) is 0 Å². The molecule has 1 atom stereocenters. The first-order chi connectivity index (χ1) is 5.42. The average molecular weight is 169 g/mol. The van der Waals surface area contributed by atoms with E-state index in [0.717, 1.165) is 13.0 Å². The van der Waals surface area contributed by atoms with Crippen LogP contribution in [0.15, 0.2) is 11.4 Å². The summed E-state index contributed by atoms with van der Waals surface area (Å²) < 4.78 is 5.50. The van der Waals surface area contributed by atoms with E-state index >= 15 is 0 Å². The third-order valence-corrected chi connectivity index (χ3v) is 3.03. The predicted octanol–water partition coefficient (Wildman–Crippen LogP) is 1.32. The summed E-state index contributed by atoms with van der Waals surface area (Å²) in [6, 6.07) is 2.17. The number of fused-ring (bicyclic) bond motifs is 1. The second-order valence-electron chi connectivity index (χ2n) is 2.66. The fourth-order valence-corrected chi connectivity index (χ4v) is 2.41. The van der Waals surface area contributed by atoms with E-state index in [-0.39, 0.29) is 6.10 Å². The minimum atomic E-state index is 0.166. The highest BCUT2D eigenvalue weighted by Gasteiger charge is 2.19. The quantitative estimate of drug-likeness (QED) is 0.688. The molecule has 1 aromatic rings. The van der Waals surface area contributed by atoms with Gasteiger partial charge in [-0.15, -0.1) is 11.3 Å². The lowest BCUT2D eigenvalue weighted by Crippen LogP contribution is -2.21. The van der Waals surface area contributed by atoms with Gasteiger partial charge in [-0.1, -0.05) is 0 Å². The van der Waals surface area contributed by atoms with E-state index in [1.807, 2.05) is 0 Å². The molecular weight excluding hydrogens is 158 g/mol. The number of ether oxygens (including phenoxy) is 1. The zero-order valence-electron chi connectivity index (χ0n) is 6.25. The fraction of sp³-hybridized carbons (Fsp3) is 0.500. The summed E-state index contributed by atoms with van der Waals surface area (Å²) in [6.45, 7) is 1.43. The molecule has 0 bridgehead atoms. The fourth-order valence-electron chi connectivity index (χ4n) is 1.40. The number of thiophene rings is 1. The molecule has 2 heterocycles. The van der Waals surface area contributed by atoms with E-state index in [4.69, 9.17) is 10.5 Å². The highest BCUT2D eigenvalue weighted by Crippen LogP contribution is 2.30. The Kier molecular flexibility index (Phi) is 1.94. The summed E-state index contributed by atoms with van der Waals surface area (Å²) in [4.78, 5) is 1.33. The topological polar surface area (TPSA) is 35.2 Å². The van der Waals surface area contributed by atoms with E-state index in [0.29, 0.717) is 6.54 Å². The van der Waals surface area contributed by atoms with Crippen LogP contribution >= 0.6 is 11.3 Å². The van der Waals surface area contributed by atoms with Crippen LogP contribution in [0.2, 0.25) is 0 Å². The molecule has 0 spiro atoms. The van der Waals surface area contributed by atoms with Gasteiger partial charge in [-0.25, -0.2) is 0 Å². The molecule has 2 nitrogen and oxygen atoms in total. The van der Waals surface area contributed by atoms with Crippen molar-refractivity contribution in [2.45, 2.75) is 12.5 Å². The highest BCUT2D eigenvalue weighted by molar-refractivity contribution is 7.10. The van der Waals surface area contributed by atoms with Gasteiger partial charge in [0.2, 0.25) is 0 Å². The van der Waals surface area contributed by atoms with Crippen molar-refractivity contribution in [3.05, 3.63) is 21.9 Å². The molecule has 2 rings (SSSR count). The lowest BCUT2D eigenvalue weighted by molar-refractivity contribution is 0.0515. The van der Waals surface area contributed by atoms with Gasteiger partial charge in [0, 0.05) is 11.4 Å². The molecular formula is C8H11NOS. The first-order valence-corrected chi connectivity index (χ1v) is 4.67. The standard InChI is InChI=1S/C8H11NOS/c9-5-7-8-6(1-3-10-7)2-4-11-8/h2,4,7H,1,3,5,9H2. The van der Waals surface area contributed by atoms with Crippen LogP contribution < -0.4 is 5.73 Å². The maximum atomic E-state index is 5.56. The maximum Gasteiger partial charge on any atom is 0.104 e. The van der Waals surface area contributed by atoms with Gasteiger partial charge in [0.1, 0.15) is 6.10 Å². The number of nitrogens with two attached hydrogens (primary N) is 1. The largest absolute Gasteiger partial charge is 0.371 e. The van der Waals surface area contributed by atoms with Gasteiger partial charge in [-0.05, 0) is 23.4 Å². The van der Waals surface area contributed by atoms with Crippen LogP contribution in [-0.2, 0) is 11.2 Å². The van der Waals surface area contributed by atoms with E-state index < -0.39 is 0 Å². The van der Waals surface area contributed by atoms with Gasteiger partial charge in [0.15, 0.2) is 0 Å². The molecule has 2 N–H and O–H groups in total. The first kappa shape index (κ1) is 7.28. The van der Waals surface area contributed by atoms with E-state index in [1.54, 1.807) is 11.3 Å². The van der Waals surface area contributed by atoms with E-state index in [9.17, 15) is 0 Å². The molecule has 1 aliphatic rings. The second kappa shape index (κ2) is 2.93. The first-order valence-electron chi connectivity index (χ1n) is 3.79. The van der Waals surface area contributed by atoms with Crippen molar-refractivity contribution in [2.24, 2.45) is 5.73 Å². The Morgan fingerprint density at radius 2 is 2.64 bits per heavy atom. The van der Waals surface area contributed by atoms with Gasteiger partial charge in [0.05, 0.1) is 6.61 Å². The Balaban J connectivity index is 2.32. The van der Waals surface area contributed by atoms with Crippen LogP contribution in [-0.4, -0.2) is 13.2 Å². The zero-order chi connectivity index (χ0) is 7.68. The third-order valence-electron chi connectivity index (χ3n) is 1.98. The third kappa shape index (κ3) is 1.20. The molecule has 1 unspecified atom stereocenters. The van der Waals surface area contributed by atoms with Crippen molar-refractivity contribution in [1.29, 1.82) is 0 Å². The summed E-state index contributed by atoms with van der Waals surface area (Å²) in [7, 11) is 0. The van der Waals surface area contributed by atoms with Gasteiger partial charge in [-0.3, -0.25) is 0 Å². The Hall–Kier alpha value is -0.380. The molecule has 60 valence electrons. The molecule has 0 saturated carbocycles. The summed E-state index contributed by atoms with van der Waals surface area (Å²) in [5.41, 5.74) is 6.99. The minimum Gasteiger partial charge on any atom is -0.371 e. The van der Waals surface area contributed by atoms with Crippen LogP contribution in [0, 0.1) is 0 Å². The lowest BCUT2D eigenvalue weighted by Gasteiger charge is -2.21. The van der Waals surface area contributed by atoms with Crippen LogP contribution in [0.3, 0.4) is 0 Å². The number of hydrogen-bond donors (Lipinski definition) is 1. The molecule has 0 aliphatic carbocycles. The lowest BCUT2D eigenvalue weighted by atomic mass is 10.1. The van der Waals surface area contributed by atoms with Crippen molar-refractivity contribution in [3.63, 3.8) is 0 Å². The predicted molar refractivity (Wildman–Crippen MR) is 45.8 cm³/mol. The summed E-state index contributed by atoms with van der Waals surface area (Å²) in [5.74, 6) is 0. The number of hydrogen-bond acceptors (Lipinski definition) is 3. The van der Waals surface area contributed by atoms with Crippen molar-refractivity contribution < 1.29 is 4.74 Å². The van der Waals surface area contributed by atoms with Crippen molar-refractivity contribution in [3.8, 4) is 0 Å². The van der Waals surface area contributed by atoms with E-state index in [1.165, 1.54) is 10.4 Å². The van der Waals surface area contributed by atoms with Crippen molar-refractivity contribution in [2.75, 3.05) is 13.2 Å². The Morgan fingerprint density at radius 3 is 3.45 bits per heavy atom.